The molecule has 124 valence electrons. The number of anilines is 1. The quantitative estimate of drug-likeness (QED) is 0.620. The molecule has 3 rings (SSSR count). The Labute approximate surface area is 144 Å². The maximum Gasteiger partial charge on any atom is 0.152 e. The van der Waals surface area contributed by atoms with E-state index in [0.717, 1.165) is 4.88 Å². The van der Waals surface area contributed by atoms with E-state index in [-0.39, 0.29) is 12.2 Å². The van der Waals surface area contributed by atoms with Gasteiger partial charge < -0.3 is 9.64 Å². The van der Waals surface area contributed by atoms with Gasteiger partial charge in [0, 0.05) is 24.2 Å². The van der Waals surface area contributed by atoms with Crippen LogP contribution in [0, 0.1) is 17.7 Å². The number of carbonyl (C=O) groups excluding carboxylic acids is 1. The normalized spacial score (nSPS) is 20.4. The average molecular weight is 344 g/mol. The first-order valence-electron chi connectivity index (χ1n) is 7.66. The largest absolute Gasteiger partial charge is 0.372 e. The molecule has 2 unspecified atom stereocenters. The SMILES string of the molecule is CC1CN(c2c(F)cc(C#Cc3cncs3)cc2C=O)CC(C)O1. The van der Waals surface area contributed by atoms with Crippen LogP contribution in [0.4, 0.5) is 10.1 Å². The summed E-state index contributed by atoms with van der Waals surface area (Å²) in [6.45, 7) is 4.98. The van der Waals surface area contributed by atoms with Crippen molar-refractivity contribution in [3.63, 3.8) is 0 Å². The van der Waals surface area contributed by atoms with E-state index < -0.39 is 5.82 Å². The van der Waals surface area contributed by atoms with Crippen LogP contribution in [0.15, 0.2) is 23.8 Å². The van der Waals surface area contributed by atoms with E-state index in [1.54, 1.807) is 17.8 Å². The molecule has 6 heteroatoms. The Balaban J connectivity index is 1.95. The molecule has 2 heterocycles. The molecule has 1 aromatic heterocycles. The molecule has 1 saturated heterocycles. The molecule has 0 amide bonds. The van der Waals surface area contributed by atoms with Crippen molar-refractivity contribution in [1.29, 1.82) is 0 Å². The highest BCUT2D eigenvalue weighted by atomic mass is 32.1. The van der Waals surface area contributed by atoms with E-state index in [4.69, 9.17) is 4.74 Å². The molecule has 1 aliphatic heterocycles. The summed E-state index contributed by atoms with van der Waals surface area (Å²) in [6, 6.07) is 3.01. The van der Waals surface area contributed by atoms with Crippen LogP contribution in [-0.2, 0) is 4.74 Å². The van der Waals surface area contributed by atoms with E-state index in [1.807, 2.05) is 18.7 Å². The maximum absolute atomic E-state index is 14.7. The van der Waals surface area contributed by atoms with Gasteiger partial charge in [-0.1, -0.05) is 5.92 Å². The molecule has 0 saturated carbocycles. The Hall–Kier alpha value is -2.23. The highest BCUT2D eigenvalue weighted by Crippen LogP contribution is 2.28. The fourth-order valence-corrected chi connectivity index (χ4v) is 3.35. The summed E-state index contributed by atoms with van der Waals surface area (Å²) in [5.41, 5.74) is 2.80. The molecular formula is C18H17FN2O2S. The Morgan fingerprint density at radius 1 is 1.33 bits per heavy atom. The lowest BCUT2D eigenvalue weighted by molar-refractivity contribution is -0.00543. The van der Waals surface area contributed by atoms with Crippen LogP contribution >= 0.6 is 11.3 Å². The Morgan fingerprint density at radius 3 is 2.71 bits per heavy atom. The lowest BCUT2D eigenvalue weighted by Crippen LogP contribution is -2.46. The molecule has 4 nitrogen and oxygen atoms in total. The number of thiazole rings is 1. The number of hydrogen-bond acceptors (Lipinski definition) is 5. The molecule has 24 heavy (non-hydrogen) atoms. The number of rotatable bonds is 2. The van der Waals surface area contributed by atoms with E-state index in [1.165, 1.54) is 17.4 Å². The standard InChI is InChI=1S/C18H17FN2O2S/c1-12-8-21(9-13(2)23-12)18-15(10-22)5-14(6-17(18)19)3-4-16-7-20-11-24-16/h5-7,10-13H,8-9H2,1-2H3. The molecule has 0 N–H and O–H groups in total. The number of carbonyl (C=O) groups is 1. The molecule has 1 aliphatic rings. The number of nitrogens with zero attached hydrogens (tertiary/aromatic N) is 2. The van der Waals surface area contributed by atoms with Gasteiger partial charge in [-0.05, 0) is 31.9 Å². The molecule has 1 fully saturated rings. The van der Waals surface area contributed by atoms with Crippen LogP contribution in [0.5, 0.6) is 0 Å². The van der Waals surface area contributed by atoms with Gasteiger partial charge in [-0.3, -0.25) is 9.78 Å². The van der Waals surface area contributed by atoms with Gasteiger partial charge in [-0.25, -0.2) is 4.39 Å². The number of aromatic nitrogens is 1. The number of morpholine rings is 1. The second-order valence-corrected chi connectivity index (χ2v) is 6.68. The number of benzene rings is 1. The van der Waals surface area contributed by atoms with Crippen molar-refractivity contribution in [2.45, 2.75) is 26.1 Å². The zero-order valence-corrected chi connectivity index (χ0v) is 14.3. The van der Waals surface area contributed by atoms with Gasteiger partial charge >= 0.3 is 0 Å². The number of halogens is 1. The molecule has 1 aromatic carbocycles. The molecule has 0 spiro atoms. The minimum atomic E-state index is -0.436. The summed E-state index contributed by atoms with van der Waals surface area (Å²) in [5.74, 6) is 5.38. The van der Waals surface area contributed by atoms with Gasteiger partial charge in [-0.2, -0.15) is 0 Å². The van der Waals surface area contributed by atoms with Gasteiger partial charge in [0.1, 0.15) is 5.82 Å². The van der Waals surface area contributed by atoms with E-state index >= 15 is 0 Å². The summed E-state index contributed by atoms with van der Waals surface area (Å²) in [7, 11) is 0. The first-order valence-corrected chi connectivity index (χ1v) is 8.54. The Morgan fingerprint density at radius 2 is 2.08 bits per heavy atom. The van der Waals surface area contributed by atoms with Gasteiger partial charge in [-0.15, -0.1) is 11.3 Å². The summed E-state index contributed by atoms with van der Waals surface area (Å²) >= 11 is 1.41. The molecule has 0 bridgehead atoms. The zero-order chi connectivity index (χ0) is 17.1. The van der Waals surface area contributed by atoms with Crippen molar-refractivity contribution in [2.24, 2.45) is 0 Å². The second kappa shape index (κ2) is 7.12. The third kappa shape index (κ3) is 3.64. The number of hydrogen-bond donors (Lipinski definition) is 0. The van der Waals surface area contributed by atoms with Gasteiger partial charge in [0.25, 0.3) is 0 Å². The van der Waals surface area contributed by atoms with Crippen molar-refractivity contribution in [3.8, 4) is 11.8 Å². The highest BCUT2D eigenvalue weighted by Gasteiger charge is 2.26. The number of ether oxygens (including phenoxy) is 1. The Bertz CT molecular complexity index is 785. The predicted octanol–water partition coefficient (Wildman–Crippen LogP) is 3.11. The van der Waals surface area contributed by atoms with Gasteiger partial charge in [0.05, 0.1) is 34.5 Å². The van der Waals surface area contributed by atoms with Crippen LogP contribution in [0.3, 0.4) is 0 Å². The zero-order valence-electron chi connectivity index (χ0n) is 13.5. The third-order valence-electron chi connectivity index (χ3n) is 3.72. The summed E-state index contributed by atoms with van der Waals surface area (Å²) in [6.07, 6.45) is 2.30. The Kier molecular flexibility index (Phi) is 4.93. The van der Waals surface area contributed by atoms with E-state index in [9.17, 15) is 9.18 Å². The van der Waals surface area contributed by atoms with Crippen molar-refractivity contribution < 1.29 is 13.9 Å². The molecule has 0 aliphatic carbocycles. The minimum Gasteiger partial charge on any atom is -0.372 e. The van der Waals surface area contributed by atoms with Crippen molar-refractivity contribution in [1.82, 2.24) is 4.98 Å². The van der Waals surface area contributed by atoms with Crippen LogP contribution < -0.4 is 4.90 Å². The van der Waals surface area contributed by atoms with E-state index in [0.29, 0.717) is 36.2 Å². The van der Waals surface area contributed by atoms with Crippen molar-refractivity contribution >= 4 is 23.3 Å². The van der Waals surface area contributed by atoms with Gasteiger partial charge in [0.15, 0.2) is 6.29 Å². The lowest BCUT2D eigenvalue weighted by Gasteiger charge is -2.37. The van der Waals surface area contributed by atoms with Gasteiger partial charge in [0.2, 0.25) is 0 Å². The monoisotopic (exact) mass is 344 g/mol. The topological polar surface area (TPSA) is 42.4 Å². The smallest absolute Gasteiger partial charge is 0.152 e. The maximum atomic E-state index is 14.7. The lowest BCUT2D eigenvalue weighted by atomic mass is 10.1. The molecular weight excluding hydrogens is 327 g/mol. The molecule has 0 radical (unpaired) electrons. The fraction of sp³-hybridized carbons (Fsp3) is 0.333. The summed E-state index contributed by atoms with van der Waals surface area (Å²) in [4.78, 5) is 18.1. The first kappa shape index (κ1) is 16.6. The van der Waals surface area contributed by atoms with Crippen molar-refractivity contribution in [2.75, 3.05) is 18.0 Å². The molecule has 2 aromatic rings. The van der Waals surface area contributed by atoms with Crippen LogP contribution in [0.1, 0.15) is 34.6 Å². The average Bonchev–Trinajstić information content (AvgIpc) is 3.04. The molecule has 2 atom stereocenters. The summed E-state index contributed by atoms with van der Waals surface area (Å²) in [5, 5.41) is 0. The van der Waals surface area contributed by atoms with Crippen LogP contribution in [0.2, 0.25) is 0 Å². The van der Waals surface area contributed by atoms with E-state index in [2.05, 4.69) is 16.8 Å². The predicted molar refractivity (Wildman–Crippen MR) is 92.1 cm³/mol. The summed E-state index contributed by atoms with van der Waals surface area (Å²) < 4.78 is 20.4. The van der Waals surface area contributed by atoms with Crippen molar-refractivity contribution in [3.05, 3.63) is 45.7 Å². The second-order valence-electron chi connectivity index (χ2n) is 5.79. The fourth-order valence-electron chi connectivity index (χ4n) is 2.89. The minimum absolute atomic E-state index is 0.0153. The third-order valence-corrected chi connectivity index (χ3v) is 4.41. The van der Waals surface area contributed by atoms with Crippen LogP contribution in [-0.4, -0.2) is 36.6 Å². The first-order chi connectivity index (χ1) is 11.6. The highest BCUT2D eigenvalue weighted by molar-refractivity contribution is 7.10. The van der Waals surface area contributed by atoms with Crippen LogP contribution in [0.25, 0.3) is 0 Å². The number of aldehydes is 1.